The van der Waals surface area contributed by atoms with E-state index in [0.29, 0.717) is 24.5 Å². The smallest absolute Gasteiger partial charge is 0.314 e. The van der Waals surface area contributed by atoms with Gasteiger partial charge >= 0.3 is 5.97 Å². The van der Waals surface area contributed by atoms with Gasteiger partial charge in [-0.3, -0.25) is 14.4 Å². The maximum atomic E-state index is 13.0. The molecule has 4 rings (SSSR count). The second-order valence-electron chi connectivity index (χ2n) is 7.56. The molecule has 1 aromatic carbocycles. The molecule has 0 bridgehead atoms. The van der Waals surface area contributed by atoms with Gasteiger partial charge in [-0.25, -0.2) is 0 Å². The van der Waals surface area contributed by atoms with E-state index in [0.717, 1.165) is 11.1 Å². The van der Waals surface area contributed by atoms with Gasteiger partial charge in [-0.15, -0.1) is 0 Å². The van der Waals surface area contributed by atoms with E-state index in [9.17, 15) is 19.5 Å². The van der Waals surface area contributed by atoms with E-state index in [2.05, 4.69) is 0 Å². The number of hydrogen-bond acceptors (Lipinski definition) is 5. The summed E-state index contributed by atoms with van der Waals surface area (Å²) in [7, 11) is 0. The Kier molecular flexibility index (Phi) is 5.65. The molecule has 154 valence electrons. The fraction of sp³-hybridized carbons (Fsp3) is 0.292. The molecule has 1 N–H and O–H groups in total. The number of fused-ring (bicyclic) bond motifs is 1. The number of hydrogen-bond donors (Lipinski definition) is 1. The zero-order valence-electron chi connectivity index (χ0n) is 16.3. The lowest BCUT2D eigenvalue weighted by atomic mass is 9.69. The lowest BCUT2D eigenvalue weighted by Gasteiger charge is -2.32. The molecule has 30 heavy (non-hydrogen) atoms. The molecule has 1 saturated carbocycles. The second-order valence-corrected chi connectivity index (χ2v) is 7.56. The molecule has 0 spiro atoms. The van der Waals surface area contributed by atoms with Gasteiger partial charge < -0.3 is 14.6 Å². The Morgan fingerprint density at radius 3 is 2.70 bits per heavy atom. The molecular weight excluding hydrogens is 384 g/mol. The minimum atomic E-state index is -1.10. The molecule has 3 aliphatic rings. The number of para-hydroxylation sites is 1. The number of aliphatic carboxylic acids is 1. The lowest BCUT2D eigenvalue weighted by molar-refractivity contribution is -0.149. The van der Waals surface area contributed by atoms with Gasteiger partial charge in [0.15, 0.2) is 18.2 Å². The summed E-state index contributed by atoms with van der Waals surface area (Å²) in [5, 5.41) is 9.43. The number of ketones is 2. The SMILES string of the molecule is O=C(/C=C/[C@H]1CCC(C(=O)O)C(=O)C1C1=CC2=CCOC2=C1)COc1ccccc1. The zero-order chi connectivity index (χ0) is 21.1. The van der Waals surface area contributed by atoms with Crippen LogP contribution in [-0.2, 0) is 19.1 Å². The summed E-state index contributed by atoms with van der Waals surface area (Å²) in [5.74, 6) is -2.19. The standard InChI is InChI=1S/C24H22O6/c25-18(14-30-19-4-2-1-3-5-19)8-6-15-7-9-20(24(27)28)23(26)22(15)17-12-16-10-11-29-21(16)13-17/h1-6,8,10,12-13,15,20,22H,7,9,11,14H2,(H,27,28)/b8-6+/t15-,20?,22?/m0/s1. The first-order valence-corrected chi connectivity index (χ1v) is 9.95. The van der Waals surface area contributed by atoms with Crippen LogP contribution in [0.2, 0.25) is 0 Å². The Balaban J connectivity index is 1.49. The topological polar surface area (TPSA) is 89.9 Å². The molecule has 0 amide bonds. The van der Waals surface area contributed by atoms with Crippen LogP contribution >= 0.6 is 0 Å². The van der Waals surface area contributed by atoms with Crippen molar-refractivity contribution in [2.24, 2.45) is 17.8 Å². The number of rotatable bonds is 7. The van der Waals surface area contributed by atoms with E-state index in [1.807, 2.05) is 36.4 Å². The Bertz CT molecular complexity index is 982. The molecule has 3 atom stereocenters. The van der Waals surface area contributed by atoms with Crippen molar-refractivity contribution in [3.63, 3.8) is 0 Å². The molecule has 1 heterocycles. The van der Waals surface area contributed by atoms with Crippen LogP contribution in [0.4, 0.5) is 0 Å². The summed E-state index contributed by atoms with van der Waals surface area (Å²) < 4.78 is 11.0. The van der Waals surface area contributed by atoms with E-state index < -0.39 is 17.8 Å². The summed E-state index contributed by atoms with van der Waals surface area (Å²) >= 11 is 0. The molecule has 2 unspecified atom stereocenters. The van der Waals surface area contributed by atoms with Crippen LogP contribution in [0.5, 0.6) is 5.75 Å². The summed E-state index contributed by atoms with van der Waals surface area (Å²) in [6, 6.07) is 9.05. The molecule has 1 aliphatic heterocycles. The molecule has 6 nitrogen and oxygen atoms in total. The fourth-order valence-electron chi connectivity index (χ4n) is 4.12. The third-order valence-electron chi connectivity index (χ3n) is 5.62. The second kappa shape index (κ2) is 8.53. The number of Topliss-reactive ketones (excluding diaryl/α,β-unsaturated/α-hetero) is 1. The average molecular weight is 406 g/mol. The summed E-state index contributed by atoms with van der Waals surface area (Å²) in [6.45, 7) is 0.400. The van der Waals surface area contributed by atoms with Crippen molar-refractivity contribution in [3.05, 3.63) is 77.6 Å². The quantitative estimate of drug-likeness (QED) is 0.552. The van der Waals surface area contributed by atoms with E-state index >= 15 is 0 Å². The number of carboxylic acid groups (broad SMARTS) is 1. The first-order chi connectivity index (χ1) is 14.5. The number of ether oxygens (including phenoxy) is 2. The van der Waals surface area contributed by atoms with Crippen LogP contribution in [0.3, 0.4) is 0 Å². The minimum absolute atomic E-state index is 0.100. The summed E-state index contributed by atoms with van der Waals surface area (Å²) in [4.78, 5) is 36.8. The maximum Gasteiger partial charge on any atom is 0.314 e. The van der Waals surface area contributed by atoms with Gasteiger partial charge in [0.2, 0.25) is 0 Å². The average Bonchev–Trinajstić information content (AvgIpc) is 3.33. The number of carbonyl (C=O) groups excluding carboxylic acids is 2. The Morgan fingerprint density at radius 2 is 1.97 bits per heavy atom. The zero-order valence-corrected chi connectivity index (χ0v) is 16.3. The van der Waals surface area contributed by atoms with Gasteiger partial charge in [0.1, 0.15) is 24.0 Å². The first kappa shape index (κ1) is 19.9. The van der Waals surface area contributed by atoms with Gasteiger partial charge in [-0.2, -0.15) is 0 Å². The fourth-order valence-corrected chi connectivity index (χ4v) is 4.12. The highest BCUT2D eigenvalue weighted by Crippen LogP contribution is 2.41. The van der Waals surface area contributed by atoms with Gasteiger partial charge in [0, 0.05) is 5.57 Å². The van der Waals surface area contributed by atoms with E-state index in [1.54, 1.807) is 18.2 Å². The first-order valence-electron chi connectivity index (χ1n) is 9.95. The molecule has 1 aromatic rings. The van der Waals surface area contributed by atoms with Crippen LogP contribution < -0.4 is 4.74 Å². The molecule has 0 saturated heterocycles. The van der Waals surface area contributed by atoms with Crippen molar-refractivity contribution >= 4 is 17.5 Å². The molecule has 0 aromatic heterocycles. The predicted octanol–water partition coefficient (Wildman–Crippen LogP) is 3.27. The van der Waals surface area contributed by atoms with E-state index in [1.165, 1.54) is 6.08 Å². The van der Waals surface area contributed by atoms with Crippen molar-refractivity contribution in [2.75, 3.05) is 13.2 Å². The number of carbonyl (C=O) groups is 3. The van der Waals surface area contributed by atoms with Gasteiger partial charge in [-0.1, -0.05) is 24.3 Å². The third-order valence-corrected chi connectivity index (χ3v) is 5.62. The van der Waals surface area contributed by atoms with Crippen LogP contribution in [0.25, 0.3) is 0 Å². The highest BCUT2D eigenvalue weighted by molar-refractivity contribution is 6.02. The predicted molar refractivity (Wildman–Crippen MR) is 109 cm³/mol. The highest BCUT2D eigenvalue weighted by Gasteiger charge is 2.43. The van der Waals surface area contributed by atoms with Crippen molar-refractivity contribution in [2.45, 2.75) is 12.8 Å². The van der Waals surface area contributed by atoms with Gasteiger partial charge in [-0.05, 0) is 60.8 Å². The molecular formula is C24H22O6. The van der Waals surface area contributed by atoms with Crippen LogP contribution in [0, 0.1) is 17.8 Å². The Morgan fingerprint density at radius 1 is 1.17 bits per heavy atom. The number of benzene rings is 1. The van der Waals surface area contributed by atoms with Crippen LogP contribution in [0.1, 0.15) is 12.8 Å². The number of allylic oxidation sites excluding steroid dienone is 4. The molecule has 6 heteroatoms. The van der Waals surface area contributed by atoms with Crippen LogP contribution in [-0.4, -0.2) is 35.9 Å². The van der Waals surface area contributed by atoms with Crippen molar-refractivity contribution in [1.82, 2.24) is 0 Å². The van der Waals surface area contributed by atoms with E-state index in [-0.39, 0.29) is 30.5 Å². The van der Waals surface area contributed by atoms with E-state index in [4.69, 9.17) is 9.47 Å². The molecule has 2 aliphatic carbocycles. The summed E-state index contributed by atoms with van der Waals surface area (Å²) in [6.07, 6.45) is 9.56. The lowest BCUT2D eigenvalue weighted by Crippen LogP contribution is -2.39. The number of carboxylic acids is 1. The monoisotopic (exact) mass is 406 g/mol. The normalized spacial score (nSPS) is 25.3. The van der Waals surface area contributed by atoms with Gasteiger partial charge in [0.25, 0.3) is 0 Å². The van der Waals surface area contributed by atoms with Crippen molar-refractivity contribution in [3.8, 4) is 5.75 Å². The minimum Gasteiger partial charge on any atom is -0.489 e. The maximum absolute atomic E-state index is 13.0. The van der Waals surface area contributed by atoms with Crippen molar-refractivity contribution in [1.29, 1.82) is 0 Å². The molecule has 0 radical (unpaired) electrons. The summed E-state index contributed by atoms with van der Waals surface area (Å²) in [5.41, 5.74) is 1.67. The van der Waals surface area contributed by atoms with Gasteiger partial charge in [0.05, 0.1) is 5.92 Å². The third kappa shape index (κ3) is 4.13. The van der Waals surface area contributed by atoms with Crippen LogP contribution in [0.15, 0.2) is 77.6 Å². The highest BCUT2D eigenvalue weighted by atomic mass is 16.5. The van der Waals surface area contributed by atoms with Crippen molar-refractivity contribution < 1.29 is 29.0 Å². The molecule has 1 fully saturated rings. The Labute approximate surface area is 174 Å². The largest absolute Gasteiger partial charge is 0.489 e. The Hall–Kier alpha value is -3.41.